The average molecular weight is 280 g/mol. The number of carboxylic acids is 1. The van der Waals surface area contributed by atoms with Crippen LogP contribution in [-0.4, -0.2) is 47.8 Å². The number of nitrogens with zero attached hydrogens (tertiary/aromatic N) is 1. The monoisotopic (exact) mass is 280 g/mol. The highest BCUT2D eigenvalue weighted by atomic mass is 19.4. The number of hydrogen-bond donors (Lipinski definition) is 2. The molecule has 2 N–H and O–H groups in total. The van der Waals surface area contributed by atoms with E-state index in [1.807, 2.05) is 0 Å². The topological polar surface area (TPSA) is 69.6 Å². The van der Waals surface area contributed by atoms with Gasteiger partial charge < -0.3 is 15.3 Å². The summed E-state index contributed by atoms with van der Waals surface area (Å²) in [7, 11) is 0. The summed E-state index contributed by atoms with van der Waals surface area (Å²) in [6, 6.07) is -0.612. The minimum absolute atomic E-state index is 0.192. The zero-order valence-corrected chi connectivity index (χ0v) is 10.2. The minimum Gasteiger partial charge on any atom is -0.481 e. The zero-order chi connectivity index (χ0) is 14.3. The maximum atomic E-state index is 12.9. The van der Waals surface area contributed by atoms with Crippen LogP contribution in [0.15, 0.2) is 0 Å². The lowest BCUT2D eigenvalue weighted by Crippen LogP contribution is -2.49. The quantitative estimate of drug-likeness (QED) is 0.822. The second-order valence-electron chi connectivity index (χ2n) is 5.19. The highest BCUT2D eigenvalue weighted by molar-refractivity contribution is 5.80. The molecule has 1 heterocycles. The van der Waals surface area contributed by atoms with Gasteiger partial charge in [-0.25, -0.2) is 4.79 Å². The number of carboxylic acid groups (broad SMARTS) is 1. The fourth-order valence-corrected chi connectivity index (χ4v) is 2.18. The summed E-state index contributed by atoms with van der Waals surface area (Å²) >= 11 is 0. The lowest BCUT2D eigenvalue weighted by Gasteiger charge is -2.27. The van der Waals surface area contributed by atoms with E-state index < -0.39 is 36.6 Å². The molecule has 2 amide bonds. The largest absolute Gasteiger partial charge is 0.481 e. The number of aliphatic carboxylic acids is 1. The van der Waals surface area contributed by atoms with Crippen molar-refractivity contribution in [1.82, 2.24) is 10.2 Å². The van der Waals surface area contributed by atoms with Crippen molar-refractivity contribution in [3.63, 3.8) is 0 Å². The molecule has 1 unspecified atom stereocenters. The van der Waals surface area contributed by atoms with Gasteiger partial charge in [-0.05, 0) is 25.2 Å². The van der Waals surface area contributed by atoms with Crippen molar-refractivity contribution < 1.29 is 27.9 Å². The molecular formula is C11H15F3N2O3. The Morgan fingerprint density at radius 2 is 2.00 bits per heavy atom. The Morgan fingerprint density at radius 3 is 2.42 bits per heavy atom. The van der Waals surface area contributed by atoms with Crippen LogP contribution in [0.3, 0.4) is 0 Å². The molecule has 0 aromatic rings. The second-order valence-corrected chi connectivity index (χ2v) is 5.19. The van der Waals surface area contributed by atoms with Crippen LogP contribution in [0.5, 0.6) is 0 Å². The van der Waals surface area contributed by atoms with Crippen LogP contribution in [0.25, 0.3) is 0 Å². The molecule has 19 heavy (non-hydrogen) atoms. The molecule has 8 heteroatoms. The molecule has 2 rings (SSSR count). The molecule has 0 radical (unpaired) electrons. The zero-order valence-electron chi connectivity index (χ0n) is 10.2. The molecule has 1 aliphatic heterocycles. The molecular weight excluding hydrogens is 265 g/mol. The van der Waals surface area contributed by atoms with Gasteiger partial charge in [0.15, 0.2) is 5.41 Å². The summed E-state index contributed by atoms with van der Waals surface area (Å²) in [4.78, 5) is 23.5. The van der Waals surface area contributed by atoms with Crippen LogP contribution in [-0.2, 0) is 4.79 Å². The number of carbonyl (C=O) groups excluding carboxylic acids is 1. The van der Waals surface area contributed by atoms with Gasteiger partial charge in [-0.2, -0.15) is 13.2 Å². The van der Waals surface area contributed by atoms with E-state index in [4.69, 9.17) is 5.11 Å². The third-order valence-electron chi connectivity index (χ3n) is 3.75. The molecule has 0 aromatic carbocycles. The first-order valence-corrected chi connectivity index (χ1v) is 6.09. The smallest absolute Gasteiger partial charge is 0.406 e. The van der Waals surface area contributed by atoms with Gasteiger partial charge in [-0.1, -0.05) is 0 Å². The van der Waals surface area contributed by atoms with E-state index in [0.29, 0.717) is 12.5 Å². The Kier molecular flexibility index (Phi) is 3.36. The van der Waals surface area contributed by atoms with Gasteiger partial charge in [0.05, 0.1) is 0 Å². The number of urea groups is 1. The van der Waals surface area contributed by atoms with Crippen molar-refractivity contribution in [2.45, 2.75) is 25.4 Å². The van der Waals surface area contributed by atoms with E-state index in [-0.39, 0.29) is 6.54 Å². The first-order chi connectivity index (χ1) is 8.76. The van der Waals surface area contributed by atoms with Gasteiger partial charge in [-0.3, -0.25) is 4.79 Å². The highest BCUT2D eigenvalue weighted by Crippen LogP contribution is 2.45. The number of likely N-dealkylation sites (tertiary alicyclic amines) is 1. The molecule has 0 spiro atoms. The molecule has 1 saturated carbocycles. The predicted octanol–water partition coefficient (Wildman–Crippen LogP) is 1.45. The number of carbonyl (C=O) groups is 2. The molecule has 5 nitrogen and oxygen atoms in total. The van der Waals surface area contributed by atoms with E-state index in [1.165, 1.54) is 0 Å². The van der Waals surface area contributed by atoms with Gasteiger partial charge in [0, 0.05) is 19.6 Å². The fraction of sp³-hybridized carbons (Fsp3) is 0.818. The van der Waals surface area contributed by atoms with Crippen molar-refractivity contribution in [2.75, 3.05) is 19.6 Å². The Morgan fingerprint density at radius 1 is 1.37 bits per heavy atom. The first-order valence-electron chi connectivity index (χ1n) is 6.09. The standard InChI is InChI=1S/C11H15F3N2O3/c12-11(13,14)10(8(17)18)3-4-16(6-10)9(19)15-5-7-1-2-7/h7H,1-6H2,(H,15,19)(H,17,18). The fourth-order valence-electron chi connectivity index (χ4n) is 2.18. The molecule has 0 aromatic heterocycles. The van der Waals surface area contributed by atoms with Gasteiger partial charge >= 0.3 is 18.2 Å². The number of rotatable bonds is 3. The summed E-state index contributed by atoms with van der Waals surface area (Å²) in [6.45, 7) is -0.563. The van der Waals surface area contributed by atoms with Crippen molar-refractivity contribution in [2.24, 2.45) is 11.3 Å². The third kappa shape index (κ3) is 2.62. The van der Waals surface area contributed by atoms with E-state index in [0.717, 1.165) is 17.7 Å². The molecule has 1 saturated heterocycles. The van der Waals surface area contributed by atoms with Crippen molar-refractivity contribution in [3.05, 3.63) is 0 Å². The average Bonchev–Trinajstić information content (AvgIpc) is 2.99. The van der Waals surface area contributed by atoms with Crippen LogP contribution in [0.4, 0.5) is 18.0 Å². The number of nitrogens with one attached hydrogen (secondary N) is 1. The number of halogens is 3. The second kappa shape index (κ2) is 4.57. The maximum Gasteiger partial charge on any atom is 0.406 e. The summed E-state index contributed by atoms with van der Waals surface area (Å²) in [5, 5.41) is 11.4. The molecule has 2 aliphatic rings. The maximum absolute atomic E-state index is 12.9. The van der Waals surface area contributed by atoms with Crippen molar-refractivity contribution in [1.29, 1.82) is 0 Å². The Balaban J connectivity index is 1.99. The highest BCUT2D eigenvalue weighted by Gasteiger charge is 2.64. The molecule has 1 aliphatic carbocycles. The van der Waals surface area contributed by atoms with Gasteiger partial charge in [0.2, 0.25) is 0 Å². The summed E-state index contributed by atoms with van der Waals surface area (Å²) in [6.07, 6.45) is -3.42. The molecule has 108 valence electrons. The molecule has 0 bridgehead atoms. The number of alkyl halides is 3. The van der Waals surface area contributed by atoms with Crippen LogP contribution >= 0.6 is 0 Å². The summed E-state index contributed by atoms with van der Waals surface area (Å²) < 4.78 is 38.7. The van der Waals surface area contributed by atoms with E-state index >= 15 is 0 Å². The Labute approximate surface area is 107 Å². The first kappa shape index (κ1) is 14.0. The Bertz CT molecular complexity index is 395. The van der Waals surface area contributed by atoms with Gasteiger partial charge in [0.25, 0.3) is 0 Å². The van der Waals surface area contributed by atoms with Crippen molar-refractivity contribution in [3.8, 4) is 0 Å². The number of hydrogen-bond acceptors (Lipinski definition) is 2. The SMILES string of the molecule is O=C(NCC1CC1)N1CCC(C(=O)O)(C(F)(F)F)C1. The van der Waals surface area contributed by atoms with Gasteiger partial charge in [0.1, 0.15) is 0 Å². The minimum atomic E-state index is -4.86. The van der Waals surface area contributed by atoms with Crippen LogP contribution in [0, 0.1) is 11.3 Å². The van der Waals surface area contributed by atoms with Crippen LogP contribution in [0.1, 0.15) is 19.3 Å². The van der Waals surface area contributed by atoms with Crippen molar-refractivity contribution >= 4 is 12.0 Å². The van der Waals surface area contributed by atoms with Crippen LogP contribution in [0.2, 0.25) is 0 Å². The van der Waals surface area contributed by atoms with Gasteiger partial charge in [-0.15, -0.1) is 0 Å². The lowest BCUT2D eigenvalue weighted by atomic mass is 9.86. The summed E-state index contributed by atoms with van der Waals surface area (Å²) in [5.74, 6) is -1.50. The summed E-state index contributed by atoms with van der Waals surface area (Å²) in [5.41, 5.74) is -2.83. The molecule has 1 atom stereocenters. The van der Waals surface area contributed by atoms with E-state index in [1.54, 1.807) is 0 Å². The third-order valence-corrected chi connectivity index (χ3v) is 3.75. The van der Waals surface area contributed by atoms with E-state index in [9.17, 15) is 22.8 Å². The normalized spacial score (nSPS) is 27.4. The van der Waals surface area contributed by atoms with Crippen LogP contribution < -0.4 is 5.32 Å². The predicted molar refractivity (Wildman–Crippen MR) is 58.4 cm³/mol. The number of amides is 2. The Hall–Kier alpha value is -1.47. The lowest BCUT2D eigenvalue weighted by molar-refractivity contribution is -0.226. The molecule has 2 fully saturated rings. The van der Waals surface area contributed by atoms with E-state index in [2.05, 4.69) is 5.32 Å².